The van der Waals surface area contributed by atoms with E-state index in [2.05, 4.69) is 35.7 Å². The Morgan fingerprint density at radius 2 is 2.21 bits per heavy atom. The number of unbranched alkanes of at least 4 members (excludes halogenated alkanes) is 1. The fourth-order valence-corrected chi connectivity index (χ4v) is 2.69. The number of pyridine rings is 1. The molecule has 2 heterocycles. The summed E-state index contributed by atoms with van der Waals surface area (Å²) in [5, 5.41) is 1.20. The first-order valence-corrected chi connectivity index (χ1v) is 7.42. The van der Waals surface area contributed by atoms with Crippen LogP contribution in [0.1, 0.15) is 45.1 Å². The Labute approximate surface area is 115 Å². The molecule has 0 aliphatic carbocycles. The molecule has 1 atom stereocenters. The van der Waals surface area contributed by atoms with Gasteiger partial charge in [-0.05, 0) is 30.0 Å². The van der Waals surface area contributed by atoms with E-state index in [1.807, 2.05) is 12.3 Å². The molecular formula is C16H25N3. The zero-order valence-electron chi connectivity index (χ0n) is 12.1. The fourth-order valence-electron chi connectivity index (χ4n) is 2.69. The summed E-state index contributed by atoms with van der Waals surface area (Å²) in [6, 6.07) is 4.11. The van der Waals surface area contributed by atoms with Crippen LogP contribution in [0.15, 0.2) is 24.5 Å². The molecule has 2 aromatic heterocycles. The van der Waals surface area contributed by atoms with Gasteiger partial charge in [-0.3, -0.25) is 0 Å². The number of aromatic nitrogens is 2. The van der Waals surface area contributed by atoms with E-state index in [-0.39, 0.29) is 0 Å². The normalized spacial score (nSPS) is 13.0. The van der Waals surface area contributed by atoms with Crippen LogP contribution in [0.4, 0.5) is 0 Å². The lowest BCUT2D eigenvalue weighted by molar-refractivity contribution is 0.395. The fraction of sp³-hybridized carbons (Fsp3) is 0.562. The molecule has 2 aromatic rings. The Hall–Kier alpha value is -1.35. The van der Waals surface area contributed by atoms with Crippen LogP contribution in [0.25, 0.3) is 11.0 Å². The smallest absolute Gasteiger partial charge is 0.140 e. The van der Waals surface area contributed by atoms with E-state index < -0.39 is 0 Å². The number of hydrogen-bond donors (Lipinski definition) is 1. The van der Waals surface area contributed by atoms with Gasteiger partial charge in [0.15, 0.2) is 0 Å². The molecule has 0 radical (unpaired) electrons. The minimum atomic E-state index is 0.584. The van der Waals surface area contributed by atoms with Crippen molar-refractivity contribution in [2.24, 2.45) is 11.7 Å². The highest BCUT2D eigenvalue weighted by Crippen LogP contribution is 2.22. The van der Waals surface area contributed by atoms with Crippen LogP contribution in [-0.4, -0.2) is 9.55 Å². The van der Waals surface area contributed by atoms with Gasteiger partial charge in [0.1, 0.15) is 5.65 Å². The van der Waals surface area contributed by atoms with Gasteiger partial charge in [0.2, 0.25) is 0 Å². The first-order chi connectivity index (χ1) is 9.30. The average Bonchev–Trinajstić information content (AvgIpc) is 2.81. The van der Waals surface area contributed by atoms with Gasteiger partial charge in [-0.25, -0.2) is 4.98 Å². The minimum absolute atomic E-state index is 0.584. The second-order valence-electron chi connectivity index (χ2n) is 5.30. The minimum Gasteiger partial charge on any atom is -0.332 e. The summed E-state index contributed by atoms with van der Waals surface area (Å²) in [4.78, 5) is 4.52. The van der Waals surface area contributed by atoms with E-state index in [0.717, 1.165) is 18.1 Å². The Bertz CT molecular complexity index is 516. The molecular weight excluding hydrogens is 234 g/mol. The molecule has 2 N–H and O–H groups in total. The molecule has 1 unspecified atom stereocenters. The molecule has 3 nitrogen and oxygen atoms in total. The van der Waals surface area contributed by atoms with Crippen LogP contribution in [0.3, 0.4) is 0 Å². The summed E-state index contributed by atoms with van der Waals surface area (Å²) in [6.45, 7) is 6.18. The van der Waals surface area contributed by atoms with Crippen LogP contribution in [0, 0.1) is 5.92 Å². The van der Waals surface area contributed by atoms with Crippen molar-refractivity contribution in [2.75, 3.05) is 0 Å². The Morgan fingerprint density at radius 1 is 1.37 bits per heavy atom. The van der Waals surface area contributed by atoms with E-state index in [4.69, 9.17) is 5.73 Å². The molecule has 3 heteroatoms. The summed E-state index contributed by atoms with van der Waals surface area (Å²) in [6.07, 6.45) is 9.17. The maximum atomic E-state index is 5.83. The van der Waals surface area contributed by atoms with Gasteiger partial charge < -0.3 is 10.3 Å². The highest BCUT2D eigenvalue weighted by atomic mass is 15.0. The van der Waals surface area contributed by atoms with E-state index in [0.29, 0.717) is 6.54 Å². The molecule has 0 aromatic carbocycles. The van der Waals surface area contributed by atoms with Gasteiger partial charge in [-0.15, -0.1) is 0 Å². The standard InChI is InChI=1S/C16H25N3/c1-3-5-7-13(4-2)11-19-12-14(10-17)15-8-6-9-18-16(15)19/h6,8-9,12-13H,3-5,7,10-11,17H2,1-2H3. The first-order valence-electron chi connectivity index (χ1n) is 7.42. The van der Waals surface area contributed by atoms with Crippen molar-refractivity contribution in [3.63, 3.8) is 0 Å². The number of rotatable bonds is 7. The summed E-state index contributed by atoms with van der Waals surface area (Å²) in [7, 11) is 0. The molecule has 0 amide bonds. The lowest BCUT2D eigenvalue weighted by Gasteiger charge is -2.15. The molecule has 0 spiro atoms. The predicted octanol–water partition coefficient (Wildman–Crippen LogP) is 3.71. The SMILES string of the molecule is CCCCC(CC)Cn1cc(CN)c2cccnc21. The molecule has 0 fully saturated rings. The number of nitrogens with zero attached hydrogens (tertiary/aromatic N) is 2. The van der Waals surface area contributed by atoms with E-state index in [1.54, 1.807) is 0 Å². The third kappa shape index (κ3) is 3.16. The monoisotopic (exact) mass is 259 g/mol. The molecule has 19 heavy (non-hydrogen) atoms. The maximum absolute atomic E-state index is 5.83. The van der Waals surface area contributed by atoms with Gasteiger partial charge in [-0.2, -0.15) is 0 Å². The average molecular weight is 259 g/mol. The van der Waals surface area contributed by atoms with Crippen molar-refractivity contribution >= 4 is 11.0 Å². The van der Waals surface area contributed by atoms with Crippen molar-refractivity contribution in [2.45, 2.75) is 52.6 Å². The lowest BCUT2D eigenvalue weighted by Crippen LogP contribution is -2.10. The number of fused-ring (bicyclic) bond motifs is 1. The summed E-state index contributed by atoms with van der Waals surface area (Å²) < 4.78 is 2.29. The Morgan fingerprint density at radius 3 is 2.89 bits per heavy atom. The molecule has 0 bridgehead atoms. The number of nitrogens with two attached hydrogens (primary N) is 1. The van der Waals surface area contributed by atoms with Crippen molar-refractivity contribution in [1.29, 1.82) is 0 Å². The van der Waals surface area contributed by atoms with Crippen LogP contribution in [0.5, 0.6) is 0 Å². The summed E-state index contributed by atoms with van der Waals surface area (Å²) >= 11 is 0. The maximum Gasteiger partial charge on any atom is 0.140 e. The lowest BCUT2D eigenvalue weighted by atomic mass is 9.99. The van der Waals surface area contributed by atoms with Crippen molar-refractivity contribution in [3.05, 3.63) is 30.1 Å². The summed E-state index contributed by atoms with van der Waals surface area (Å²) in [5.74, 6) is 0.739. The zero-order chi connectivity index (χ0) is 13.7. The third-order valence-corrected chi connectivity index (χ3v) is 3.93. The molecule has 104 valence electrons. The third-order valence-electron chi connectivity index (χ3n) is 3.93. The first kappa shape index (κ1) is 14.1. The van der Waals surface area contributed by atoms with Crippen LogP contribution in [0.2, 0.25) is 0 Å². The predicted molar refractivity (Wildman–Crippen MR) is 80.9 cm³/mol. The molecule has 2 rings (SSSR count). The van der Waals surface area contributed by atoms with Crippen molar-refractivity contribution in [1.82, 2.24) is 9.55 Å². The van der Waals surface area contributed by atoms with Crippen molar-refractivity contribution < 1.29 is 0 Å². The molecule has 0 saturated carbocycles. The molecule has 0 saturated heterocycles. The largest absolute Gasteiger partial charge is 0.332 e. The Balaban J connectivity index is 2.24. The quantitative estimate of drug-likeness (QED) is 0.823. The highest BCUT2D eigenvalue weighted by Gasteiger charge is 2.12. The van der Waals surface area contributed by atoms with Gasteiger partial charge in [0, 0.05) is 30.9 Å². The van der Waals surface area contributed by atoms with E-state index in [9.17, 15) is 0 Å². The van der Waals surface area contributed by atoms with Crippen LogP contribution >= 0.6 is 0 Å². The van der Waals surface area contributed by atoms with E-state index in [1.165, 1.54) is 36.6 Å². The highest BCUT2D eigenvalue weighted by molar-refractivity contribution is 5.80. The van der Waals surface area contributed by atoms with Crippen LogP contribution < -0.4 is 5.73 Å². The number of hydrogen-bond acceptors (Lipinski definition) is 2. The van der Waals surface area contributed by atoms with Gasteiger partial charge in [0.25, 0.3) is 0 Å². The molecule has 0 aliphatic heterocycles. The van der Waals surface area contributed by atoms with Crippen molar-refractivity contribution in [3.8, 4) is 0 Å². The van der Waals surface area contributed by atoms with Gasteiger partial charge in [0.05, 0.1) is 0 Å². The second-order valence-corrected chi connectivity index (χ2v) is 5.30. The van der Waals surface area contributed by atoms with Crippen LogP contribution in [-0.2, 0) is 13.1 Å². The van der Waals surface area contributed by atoms with E-state index >= 15 is 0 Å². The summed E-state index contributed by atoms with van der Waals surface area (Å²) in [5.41, 5.74) is 8.12. The topological polar surface area (TPSA) is 43.8 Å². The second kappa shape index (κ2) is 6.71. The van der Waals surface area contributed by atoms with Gasteiger partial charge >= 0.3 is 0 Å². The van der Waals surface area contributed by atoms with Gasteiger partial charge in [-0.1, -0.05) is 33.1 Å². The Kier molecular flexibility index (Phi) is 4.97. The zero-order valence-corrected chi connectivity index (χ0v) is 12.1. The molecule has 0 aliphatic rings.